The number of ketones is 1. The zero-order chi connectivity index (χ0) is 8.10. The highest BCUT2D eigenvalue weighted by Gasteiger charge is 2.21. The van der Waals surface area contributed by atoms with Gasteiger partial charge in [0.1, 0.15) is 5.78 Å². The maximum absolute atomic E-state index is 11.2. The minimum atomic E-state index is 0.212. The van der Waals surface area contributed by atoms with Gasteiger partial charge in [-0.05, 0) is 6.42 Å². The molecule has 1 aliphatic rings. The van der Waals surface area contributed by atoms with Gasteiger partial charge in [-0.1, -0.05) is 19.8 Å². The molecule has 0 spiro atoms. The Hall–Kier alpha value is -0.370. The molecule has 1 heterocycles. The molecule has 1 aliphatic heterocycles. The van der Waals surface area contributed by atoms with Crippen molar-refractivity contribution >= 4 is 5.78 Å². The predicted molar refractivity (Wildman–Crippen MR) is 43.5 cm³/mol. The summed E-state index contributed by atoms with van der Waals surface area (Å²) in [6.07, 6.45) is 3.98. The molecule has 1 rings (SSSR count). The molecule has 0 aromatic carbocycles. The Balaban J connectivity index is 2.24. The quantitative estimate of drug-likeness (QED) is 0.622. The van der Waals surface area contributed by atoms with Crippen molar-refractivity contribution in [3.05, 3.63) is 0 Å². The highest BCUT2D eigenvalue weighted by Crippen LogP contribution is 2.15. The van der Waals surface area contributed by atoms with Crippen LogP contribution >= 0.6 is 0 Å². The summed E-state index contributed by atoms with van der Waals surface area (Å²) in [6, 6.07) is 0. The van der Waals surface area contributed by atoms with Crippen LogP contribution in [0.15, 0.2) is 0 Å². The lowest BCUT2D eigenvalue weighted by Gasteiger charge is -2.20. The molecule has 1 fully saturated rings. The second-order valence-electron chi connectivity index (χ2n) is 3.13. The summed E-state index contributed by atoms with van der Waals surface area (Å²) in [5, 5.41) is 0. The molecule has 0 aromatic rings. The lowest BCUT2D eigenvalue weighted by atomic mass is 9.95. The van der Waals surface area contributed by atoms with Crippen LogP contribution in [-0.4, -0.2) is 19.0 Å². The van der Waals surface area contributed by atoms with Crippen LogP contribution in [0.1, 0.15) is 32.6 Å². The number of hydrogen-bond donors (Lipinski definition) is 0. The second kappa shape index (κ2) is 4.50. The summed E-state index contributed by atoms with van der Waals surface area (Å²) in [7, 11) is 0. The fraction of sp³-hybridized carbons (Fsp3) is 0.889. The number of unbranched alkanes of at least 4 members (excludes halogenated alkanes) is 1. The summed E-state index contributed by atoms with van der Waals surface area (Å²) >= 11 is 0. The summed E-state index contributed by atoms with van der Waals surface area (Å²) in [5.74, 6) is 0.619. The van der Waals surface area contributed by atoms with Gasteiger partial charge in [-0.2, -0.15) is 0 Å². The molecule has 1 saturated heterocycles. The van der Waals surface area contributed by atoms with Crippen molar-refractivity contribution in [1.82, 2.24) is 0 Å². The maximum Gasteiger partial charge on any atom is 0.140 e. The van der Waals surface area contributed by atoms with Crippen molar-refractivity contribution in [2.75, 3.05) is 13.2 Å². The standard InChI is InChI=1S/C9H16O2/c1-2-3-4-8-7-11-6-5-9(8)10/h8H,2-7H2,1H3. The molecule has 11 heavy (non-hydrogen) atoms. The van der Waals surface area contributed by atoms with Crippen molar-refractivity contribution in [3.63, 3.8) is 0 Å². The number of hydrogen-bond acceptors (Lipinski definition) is 2. The molecular weight excluding hydrogens is 140 g/mol. The van der Waals surface area contributed by atoms with Gasteiger partial charge >= 0.3 is 0 Å². The Morgan fingerprint density at radius 2 is 2.45 bits per heavy atom. The second-order valence-corrected chi connectivity index (χ2v) is 3.13. The summed E-state index contributed by atoms with van der Waals surface area (Å²) in [5.41, 5.74) is 0. The Morgan fingerprint density at radius 3 is 3.09 bits per heavy atom. The fourth-order valence-corrected chi connectivity index (χ4v) is 1.39. The molecule has 2 heteroatoms. The van der Waals surface area contributed by atoms with E-state index in [1.165, 1.54) is 6.42 Å². The van der Waals surface area contributed by atoms with Gasteiger partial charge in [0.25, 0.3) is 0 Å². The summed E-state index contributed by atoms with van der Waals surface area (Å²) in [6.45, 7) is 3.45. The molecule has 64 valence electrons. The van der Waals surface area contributed by atoms with Crippen molar-refractivity contribution in [1.29, 1.82) is 0 Å². The van der Waals surface area contributed by atoms with Gasteiger partial charge in [-0.15, -0.1) is 0 Å². The third kappa shape index (κ3) is 2.62. The van der Waals surface area contributed by atoms with E-state index in [1.807, 2.05) is 0 Å². The lowest BCUT2D eigenvalue weighted by molar-refractivity contribution is -0.130. The number of ether oxygens (including phenoxy) is 1. The van der Waals surface area contributed by atoms with Crippen LogP contribution < -0.4 is 0 Å². The molecule has 2 nitrogen and oxygen atoms in total. The smallest absolute Gasteiger partial charge is 0.140 e. The monoisotopic (exact) mass is 156 g/mol. The van der Waals surface area contributed by atoms with Gasteiger partial charge < -0.3 is 4.74 Å². The van der Waals surface area contributed by atoms with Crippen LogP contribution in [0.3, 0.4) is 0 Å². The van der Waals surface area contributed by atoms with Gasteiger partial charge in [0.2, 0.25) is 0 Å². The number of carbonyl (C=O) groups excluding carboxylic acids is 1. The normalized spacial score (nSPS) is 25.5. The molecule has 0 aromatic heterocycles. The number of Topliss-reactive ketones (excluding diaryl/α,β-unsaturated/α-hetero) is 1. The molecule has 0 amide bonds. The zero-order valence-electron chi connectivity index (χ0n) is 7.14. The minimum Gasteiger partial charge on any atom is -0.380 e. The molecule has 0 N–H and O–H groups in total. The van der Waals surface area contributed by atoms with Crippen LogP contribution in [0.5, 0.6) is 0 Å². The summed E-state index contributed by atoms with van der Waals surface area (Å²) < 4.78 is 5.23. The van der Waals surface area contributed by atoms with Crippen LogP contribution in [0.4, 0.5) is 0 Å². The van der Waals surface area contributed by atoms with Crippen molar-refractivity contribution < 1.29 is 9.53 Å². The lowest BCUT2D eigenvalue weighted by Crippen LogP contribution is -2.27. The highest BCUT2D eigenvalue weighted by molar-refractivity contribution is 5.81. The third-order valence-corrected chi connectivity index (χ3v) is 2.17. The van der Waals surface area contributed by atoms with Crippen molar-refractivity contribution in [2.45, 2.75) is 32.6 Å². The van der Waals surface area contributed by atoms with Crippen LogP contribution in [0, 0.1) is 5.92 Å². The van der Waals surface area contributed by atoms with Crippen LogP contribution in [0.2, 0.25) is 0 Å². The molecular formula is C9H16O2. The fourth-order valence-electron chi connectivity index (χ4n) is 1.39. The highest BCUT2D eigenvalue weighted by atomic mass is 16.5. The van der Waals surface area contributed by atoms with E-state index >= 15 is 0 Å². The van der Waals surface area contributed by atoms with Crippen LogP contribution in [-0.2, 0) is 9.53 Å². The first-order valence-corrected chi connectivity index (χ1v) is 4.45. The van der Waals surface area contributed by atoms with Gasteiger partial charge in [0.15, 0.2) is 0 Å². The topological polar surface area (TPSA) is 26.3 Å². The van der Waals surface area contributed by atoms with Crippen molar-refractivity contribution in [2.24, 2.45) is 5.92 Å². The van der Waals surface area contributed by atoms with E-state index in [0.29, 0.717) is 25.4 Å². The van der Waals surface area contributed by atoms with Gasteiger partial charge in [0, 0.05) is 12.3 Å². The van der Waals surface area contributed by atoms with Gasteiger partial charge in [0.05, 0.1) is 13.2 Å². The number of carbonyl (C=O) groups is 1. The van der Waals surface area contributed by atoms with Crippen LogP contribution in [0.25, 0.3) is 0 Å². The maximum atomic E-state index is 11.2. The van der Waals surface area contributed by atoms with E-state index < -0.39 is 0 Å². The van der Waals surface area contributed by atoms with E-state index in [4.69, 9.17) is 4.74 Å². The van der Waals surface area contributed by atoms with E-state index in [9.17, 15) is 4.79 Å². The third-order valence-electron chi connectivity index (χ3n) is 2.17. The first-order chi connectivity index (χ1) is 5.34. The summed E-state index contributed by atoms with van der Waals surface area (Å²) in [4.78, 5) is 11.2. The molecule has 0 radical (unpaired) electrons. The Kier molecular flexibility index (Phi) is 3.57. The number of rotatable bonds is 3. The first kappa shape index (κ1) is 8.72. The Morgan fingerprint density at radius 1 is 1.64 bits per heavy atom. The largest absolute Gasteiger partial charge is 0.380 e. The van der Waals surface area contributed by atoms with E-state index in [2.05, 4.69) is 6.92 Å². The average molecular weight is 156 g/mol. The molecule has 1 unspecified atom stereocenters. The SMILES string of the molecule is CCCCC1COCCC1=O. The minimum absolute atomic E-state index is 0.212. The van der Waals surface area contributed by atoms with Gasteiger partial charge in [-0.3, -0.25) is 4.79 Å². The van der Waals surface area contributed by atoms with E-state index in [1.54, 1.807) is 0 Å². The molecule has 0 bridgehead atoms. The van der Waals surface area contributed by atoms with Crippen molar-refractivity contribution in [3.8, 4) is 0 Å². The first-order valence-electron chi connectivity index (χ1n) is 4.45. The molecule has 0 aliphatic carbocycles. The molecule has 0 saturated carbocycles. The average Bonchev–Trinajstić information content (AvgIpc) is 2.03. The Labute approximate surface area is 67.9 Å². The Bertz CT molecular complexity index is 132. The van der Waals surface area contributed by atoms with E-state index in [0.717, 1.165) is 12.8 Å². The molecule has 1 atom stereocenters. The van der Waals surface area contributed by atoms with E-state index in [-0.39, 0.29) is 5.92 Å². The predicted octanol–water partition coefficient (Wildman–Crippen LogP) is 1.78. The zero-order valence-corrected chi connectivity index (χ0v) is 7.14. The van der Waals surface area contributed by atoms with Gasteiger partial charge in [-0.25, -0.2) is 0 Å².